The fraction of sp³-hybridized carbons (Fsp3) is 0.400. The van der Waals surface area contributed by atoms with Crippen LogP contribution in [0.5, 0.6) is 5.75 Å². The topological polar surface area (TPSA) is 39.1 Å². The predicted molar refractivity (Wildman–Crippen MR) is 82.1 cm³/mol. The number of nitrogens with one attached hydrogen (secondary N) is 1. The quantitative estimate of drug-likeness (QED) is 0.933. The summed E-state index contributed by atoms with van der Waals surface area (Å²) in [7, 11) is 3.91. The van der Waals surface area contributed by atoms with E-state index in [1.807, 2.05) is 25.0 Å². The number of nitrogens with zero attached hydrogens (tertiary/aromatic N) is 2. The SMILES string of the molecule is CNC(Cc1cc(Br)cc2c1OCC2)c1ccn(C)n1. The van der Waals surface area contributed by atoms with Gasteiger partial charge in [0.05, 0.1) is 18.3 Å². The molecule has 20 heavy (non-hydrogen) atoms. The molecule has 3 rings (SSSR count). The monoisotopic (exact) mass is 335 g/mol. The number of hydrogen-bond acceptors (Lipinski definition) is 3. The number of fused-ring (bicyclic) bond motifs is 1. The molecule has 1 aromatic heterocycles. The van der Waals surface area contributed by atoms with E-state index >= 15 is 0 Å². The standard InChI is InChI=1S/C15H18BrN3O/c1-17-14(13-3-5-19(2)18-13)9-11-8-12(16)7-10-4-6-20-15(10)11/h3,5,7-8,14,17H,4,6,9H2,1-2H3. The fourth-order valence-corrected chi connectivity index (χ4v) is 3.24. The normalized spacial score (nSPS) is 14.9. The molecule has 1 aromatic carbocycles. The van der Waals surface area contributed by atoms with E-state index in [0.717, 1.165) is 35.4 Å². The molecule has 1 aliphatic heterocycles. The largest absolute Gasteiger partial charge is 0.493 e. The summed E-state index contributed by atoms with van der Waals surface area (Å²) in [5.74, 6) is 1.06. The number of aryl methyl sites for hydroxylation is 1. The first-order valence-corrected chi connectivity index (χ1v) is 7.57. The van der Waals surface area contributed by atoms with Gasteiger partial charge < -0.3 is 10.1 Å². The molecule has 106 valence electrons. The summed E-state index contributed by atoms with van der Waals surface area (Å²) in [6.45, 7) is 0.784. The highest BCUT2D eigenvalue weighted by molar-refractivity contribution is 9.10. The molecule has 1 N–H and O–H groups in total. The van der Waals surface area contributed by atoms with Gasteiger partial charge in [-0.1, -0.05) is 15.9 Å². The molecule has 0 fully saturated rings. The molecule has 2 heterocycles. The zero-order chi connectivity index (χ0) is 14.1. The van der Waals surface area contributed by atoms with E-state index < -0.39 is 0 Å². The third-order valence-corrected chi connectivity index (χ3v) is 4.15. The minimum absolute atomic E-state index is 0.193. The molecule has 0 saturated carbocycles. The van der Waals surface area contributed by atoms with Crippen LogP contribution >= 0.6 is 15.9 Å². The lowest BCUT2D eigenvalue weighted by atomic mass is 10.00. The zero-order valence-corrected chi connectivity index (χ0v) is 13.3. The first-order valence-electron chi connectivity index (χ1n) is 6.78. The number of aromatic nitrogens is 2. The second kappa shape index (κ2) is 5.58. The third-order valence-electron chi connectivity index (χ3n) is 3.69. The van der Waals surface area contributed by atoms with Crippen molar-refractivity contribution < 1.29 is 4.74 Å². The van der Waals surface area contributed by atoms with Crippen LogP contribution in [0.15, 0.2) is 28.9 Å². The van der Waals surface area contributed by atoms with Gasteiger partial charge in [0.1, 0.15) is 5.75 Å². The van der Waals surface area contributed by atoms with Crippen molar-refractivity contribution >= 4 is 15.9 Å². The van der Waals surface area contributed by atoms with Crippen LogP contribution in [-0.4, -0.2) is 23.4 Å². The van der Waals surface area contributed by atoms with Gasteiger partial charge in [-0.25, -0.2) is 0 Å². The lowest BCUT2D eigenvalue weighted by Gasteiger charge is -2.16. The maximum atomic E-state index is 5.80. The van der Waals surface area contributed by atoms with Gasteiger partial charge in [0, 0.05) is 24.1 Å². The van der Waals surface area contributed by atoms with E-state index in [9.17, 15) is 0 Å². The molecule has 0 radical (unpaired) electrons. The Morgan fingerprint density at radius 3 is 3.05 bits per heavy atom. The molecular formula is C15H18BrN3O. The summed E-state index contributed by atoms with van der Waals surface area (Å²) >= 11 is 3.59. The number of benzene rings is 1. The third kappa shape index (κ3) is 2.60. The second-order valence-electron chi connectivity index (χ2n) is 5.11. The minimum atomic E-state index is 0.193. The van der Waals surface area contributed by atoms with Gasteiger partial charge in [0.25, 0.3) is 0 Å². The Hall–Kier alpha value is -1.33. The molecule has 0 amide bonds. The van der Waals surface area contributed by atoms with Crippen LogP contribution in [0.2, 0.25) is 0 Å². The summed E-state index contributed by atoms with van der Waals surface area (Å²) in [5.41, 5.74) is 3.59. The first kappa shape index (κ1) is 13.6. The number of likely N-dealkylation sites (N-methyl/N-ethyl adjacent to an activating group) is 1. The summed E-state index contributed by atoms with van der Waals surface area (Å²) in [4.78, 5) is 0. The van der Waals surface area contributed by atoms with Gasteiger partial charge in [-0.15, -0.1) is 0 Å². The van der Waals surface area contributed by atoms with E-state index in [0.29, 0.717) is 0 Å². The van der Waals surface area contributed by atoms with Crippen molar-refractivity contribution in [3.05, 3.63) is 45.7 Å². The average Bonchev–Trinajstić information content (AvgIpc) is 3.04. The van der Waals surface area contributed by atoms with Crippen molar-refractivity contribution in [1.82, 2.24) is 15.1 Å². The van der Waals surface area contributed by atoms with E-state index in [1.54, 1.807) is 0 Å². The minimum Gasteiger partial charge on any atom is -0.493 e. The smallest absolute Gasteiger partial charge is 0.125 e. The van der Waals surface area contributed by atoms with Gasteiger partial charge in [0.15, 0.2) is 0 Å². The van der Waals surface area contributed by atoms with Crippen molar-refractivity contribution in [2.75, 3.05) is 13.7 Å². The molecule has 2 aromatic rings. The average molecular weight is 336 g/mol. The van der Waals surface area contributed by atoms with Crippen LogP contribution in [0.1, 0.15) is 22.9 Å². The molecule has 1 unspecified atom stereocenters. The van der Waals surface area contributed by atoms with E-state index in [2.05, 4.69) is 44.5 Å². The second-order valence-corrected chi connectivity index (χ2v) is 6.03. The van der Waals surface area contributed by atoms with E-state index in [-0.39, 0.29) is 6.04 Å². The molecule has 1 aliphatic rings. The number of ether oxygens (including phenoxy) is 1. The lowest BCUT2D eigenvalue weighted by Crippen LogP contribution is -2.20. The molecule has 5 heteroatoms. The predicted octanol–water partition coefficient (Wildman–Crippen LogP) is 2.62. The van der Waals surface area contributed by atoms with Crippen LogP contribution in [0, 0.1) is 0 Å². The molecule has 0 saturated heterocycles. The van der Waals surface area contributed by atoms with Gasteiger partial charge >= 0.3 is 0 Å². The molecule has 4 nitrogen and oxygen atoms in total. The summed E-state index contributed by atoms with van der Waals surface area (Å²) in [6, 6.07) is 6.55. The van der Waals surface area contributed by atoms with Crippen molar-refractivity contribution in [2.45, 2.75) is 18.9 Å². The Kier molecular flexibility index (Phi) is 3.81. The zero-order valence-electron chi connectivity index (χ0n) is 11.7. The van der Waals surface area contributed by atoms with Gasteiger partial charge in [-0.2, -0.15) is 5.10 Å². The maximum absolute atomic E-state index is 5.80. The lowest BCUT2D eigenvalue weighted by molar-refractivity contribution is 0.351. The summed E-state index contributed by atoms with van der Waals surface area (Å²) < 4.78 is 8.75. The van der Waals surface area contributed by atoms with Crippen LogP contribution in [-0.2, 0) is 19.9 Å². The summed E-state index contributed by atoms with van der Waals surface area (Å²) in [5, 5.41) is 7.84. The van der Waals surface area contributed by atoms with Crippen LogP contribution in [0.25, 0.3) is 0 Å². The van der Waals surface area contributed by atoms with Gasteiger partial charge in [0.2, 0.25) is 0 Å². The molecule has 1 atom stereocenters. The van der Waals surface area contributed by atoms with Crippen LogP contribution in [0.3, 0.4) is 0 Å². The highest BCUT2D eigenvalue weighted by Crippen LogP contribution is 2.35. The van der Waals surface area contributed by atoms with Crippen molar-refractivity contribution in [3.8, 4) is 5.75 Å². The fourth-order valence-electron chi connectivity index (χ4n) is 2.69. The van der Waals surface area contributed by atoms with Crippen molar-refractivity contribution in [2.24, 2.45) is 7.05 Å². The van der Waals surface area contributed by atoms with E-state index in [1.165, 1.54) is 11.1 Å². The Morgan fingerprint density at radius 1 is 1.50 bits per heavy atom. The number of halogens is 1. The molecule has 0 aliphatic carbocycles. The molecular weight excluding hydrogens is 318 g/mol. The first-order chi connectivity index (χ1) is 9.67. The van der Waals surface area contributed by atoms with E-state index in [4.69, 9.17) is 4.74 Å². The number of hydrogen-bond donors (Lipinski definition) is 1. The highest BCUT2D eigenvalue weighted by Gasteiger charge is 2.21. The molecule has 0 spiro atoms. The van der Waals surface area contributed by atoms with Gasteiger partial charge in [-0.05, 0) is 42.8 Å². The van der Waals surface area contributed by atoms with Gasteiger partial charge in [-0.3, -0.25) is 4.68 Å². The Balaban J connectivity index is 1.90. The number of rotatable bonds is 4. The molecule has 0 bridgehead atoms. The van der Waals surface area contributed by atoms with Crippen molar-refractivity contribution in [3.63, 3.8) is 0 Å². The Morgan fingerprint density at radius 2 is 2.35 bits per heavy atom. The van der Waals surface area contributed by atoms with Crippen molar-refractivity contribution in [1.29, 1.82) is 0 Å². The summed E-state index contributed by atoms with van der Waals surface area (Å²) in [6.07, 6.45) is 3.84. The van der Waals surface area contributed by atoms with Crippen LogP contribution < -0.4 is 10.1 Å². The maximum Gasteiger partial charge on any atom is 0.125 e. The van der Waals surface area contributed by atoms with Crippen LogP contribution in [0.4, 0.5) is 0 Å². The Labute approximate surface area is 127 Å². The highest BCUT2D eigenvalue weighted by atomic mass is 79.9. The Bertz CT molecular complexity index is 624.